The van der Waals surface area contributed by atoms with Crippen molar-refractivity contribution in [2.75, 3.05) is 39.4 Å². The van der Waals surface area contributed by atoms with Crippen molar-refractivity contribution in [2.24, 2.45) is 5.73 Å². The predicted molar refractivity (Wildman–Crippen MR) is 110 cm³/mol. The summed E-state index contributed by atoms with van der Waals surface area (Å²) >= 11 is 0. The number of ether oxygens (including phenoxy) is 1. The first kappa shape index (κ1) is 18.7. The number of hydrogen-bond acceptors (Lipinski definition) is 5. The monoisotopic (exact) mass is 379 g/mol. The molecule has 1 saturated heterocycles. The van der Waals surface area contributed by atoms with Gasteiger partial charge < -0.3 is 15.0 Å². The van der Waals surface area contributed by atoms with Gasteiger partial charge in [-0.25, -0.2) is 0 Å². The van der Waals surface area contributed by atoms with Crippen molar-refractivity contribution in [1.82, 2.24) is 19.7 Å². The number of H-pyrrole nitrogens is 1. The molecule has 0 amide bonds. The Morgan fingerprint density at radius 3 is 2.93 bits per heavy atom. The Labute approximate surface area is 163 Å². The van der Waals surface area contributed by atoms with Crippen LogP contribution in [0.4, 0.5) is 0 Å². The maximum atomic E-state index is 13.0. The van der Waals surface area contributed by atoms with Gasteiger partial charge in [0.05, 0.1) is 30.7 Å². The number of nitrogens with zero attached hydrogens (tertiary/aromatic N) is 3. The molecule has 0 unspecified atom stereocenters. The minimum Gasteiger partial charge on any atom is -0.379 e. The van der Waals surface area contributed by atoms with Crippen LogP contribution in [0.2, 0.25) is 0 Å². The summed E-state index contributed by atoms with van der Waals surface area (Å²) in [7, 11) is 0. The molecule has 3 aromatic rings. The number of morpholine rings is 1. The number of nitrogens with two attached hydrogens (primary N) is 1. The third-order valence-electron chi connectivity index (χ3n) is 5.17. The molecule has 4 rings (SSSR count). The summed E-state index contributed by atoms with van der Waals surface area (Å²) in [5.41, 5.74) is 8.94. The molecule has 0 atom stereocenters. The largest absolute Gasteiger partial charge is 0.379 e. The molecule has 1 fully saturated rings. The van der Waals surface area contributed by atoms with Crippen molar-refractivity contribution in [3.63, 3.8) is 0 Å². The van der Waals surface area contributed by atoms with Gasteiger partial charge in [0, 0.05) is 36.3 Å². The van der Waals surface area contributed by atoms with Gasteiger partial charge in [-0.1, -0.05) is 11.8 Å². The second kappa shape index (κ2) is 8.15. The standard InChI is InChI=1S/C21H25N5O2/c1-15-19-20(24-23-15)17-14-16(4-2-8-25-10-12-28-13-11-25)5-6-18(17)26(21(19)27)9-3-7-22/h5-6,14H,3,7-13,22H2,1H3,(H,23,24). The van der Waals surface area contributed by atoms with Gasteiger partial charge in [-0.15, -0.1) is 0 Å². The zero-order valence-corrected chi connectivity index (χ0v) is 16.1. The highest BCUT2D eigenvalue weighted by Gasteiger charge is 2.15. The van der Waals surface area contributed by atoms with E-state index in [0.29, 0.717) is 24.0 Å². The van der Waals surface area contributed by atoms with Gasteiger partial charge in [-0.3, -0.25) is 14.8 Å². The summed E-state index contributed by atoms with van der Waals surface area (Å²) in [4.78, 5) is 15.3. The van der Waals surface area contributed by atoms with E-state index in [1.165, 1.54) is 0 Å². The fraction of sp³-hybridized carbons (Fsp3) is 0.429. The van der Waals surface area contributed by atoms with Crippen LogP contribution in [0.5, 0.6) is 0 Å². The predicted octanol–water partition coefficient (Wildman–Crippen LogP) is 1.22. The van der Waals surface area contributed by atoms with Crippen LogP contribution >= 0.6 is 0 Å². The van der Waals surface area contributed by atoms with Crippen LogP contribution < -0.4 is 11.3 Å². The average molecular weight is 379 g/mol. The van der Waals surface area contributed by atoms with Crippen molar-refractivity contribution in [3.8, 4) is 11.8 Å². The summed E-state index contributed by atoms with van der Waals surface area (Å²) in [5.74, 6) is 6.51. The lowest BCUT2D eigenvalue weighted by Gasteiger charge is -2.24. The Morgan fingerprint density at radius 2 is 2.14 bits per heavy atom. The Balaban J connectivity index is 1.75. The minimum absolute atomic E-state index is 0.0200. The first-order valence-corrected chi connectivity index (χ1v) is 9.69. The van der Waals surface area contributed by atoms with Crippen LogP contribution in [0.25, 0.3) is 21.8 Å². The van der Waals surface area contributed by atoms with Gasteiger partial charge in [0.25, 0.3) is 5.56 Å². The van der Waals surface area contributed by atoms with Crippen LogP contribution in [-0.2, 0) is 11.3 Å². The van der Waals surface area contributed by atoms with Crippen molar-refractivity contribution in [2.45, 2.75) is 19.9 Å². The number of fused-ring (bicyclic) bond motifs is 3. The summed E-state index contributed by atoms with van der Waals surface area (Å²) in [5, 5.41) is 8.93. The molecule has 1 aliphatic heterocycles. The number of hydrogen-bond donors (Lipinski definition) is 2. The minimum atomic E-state index is -0.0200. The van der Waals surface area contributed by atoms with E-state index in [1.807, 2.05) is 25.1 Å². The van der Waals surface area contributed by atoms with Crippen LogP contribution in [0.1, 0.15) is 17.7 Å². The molecule has 7 heteroatoms. The molecule has 0 bridgehead atoms. The van der Waals surface area contributed by atoms with E-state index in [-0.39, 0.29) is 5.56 Å². The highest BCUT2D eigenvalue weighted by Crippen LogP contribution is 2.24. The maximum Gasteiger partial charge on any atom is 0.262 e. The van der Waals surface area contributed by atoms with Crippen LogP contribution in [0.15, 0.2) is 23.0 Å². The number of aromatic nitrogens is 3. The Bertz CT molecular complexity index is 1110. The summed E-state index contributed by atoms with van der Waals surface area (Å²) in [6.07, 6.45) is 0.749. The molecule has 146 valence electrons. The number of pyridine rings is 1. The second-order valence-electron chi connectivity index (χ2n) is 7.09. The highest BCUT2D eigenvalue weighted by atomic mass is 16.5. The molecule has 1 aliphatic rings. The number of benzene rings is 1. The molecular formula is C21H25N5O2. The third-order valence-corrected chi connectivity index (χ3v) is 5.17. The topological polar surface area (TPSA) is 89.2 Å². The summed E-state index contributed by atoms with van der Waals surface area (Å²) in [6, 6.07) is 5.97. The lowest BCUT2D eigenvalue weighted by molar-refractivity contribution is 0.0443. The maximum absolute atomic E-state index is 13.0. The lowest BCUT2D eigenvalue weighted by atomic mass is 10.1. The molecule has 3 N–H and O–H groups in total. The quantitative estimate of drug-likeness (QED) is 0.666. The molecule has 0 aliphatic carbocycles. The zero-order chi connectivity index (χ0) is 19.5. The Kier molecular flexibility index (Phi) is 5.44. The van der Waals surface area contributed by atoms with E-state index in [2.05, 4.69) is 26.9 Å². The second-order valence-corrected chi connectivity index (χ2v) is 7.09. The first-order chi connectivity index (χ1) is 13.7. The van der Waals surface area contributed by atoms with E-state index in [9.17, 15) is 4.79 Å². The first-order valence-electron chi connectivity index (χ1n) is 9.69. The van der Waals surface area contributed by atoms with Crippen molar-refractivity contribution >= 4 is 21.8 Å². The van der Waals surface area contributed by atoms with E-state index in [4.69, 9.17) is 10.5 Å². The third kappa shape index (κ3) is 3.54. The van der Waals surface area contributed by atoms with E-state index < -0.39 is 0 Å². The average Bonchev–Trinajstić information content (AvgIpc) is 3.11. The van der Waals surface area contributed by atoms with Gasteiger partial charge in [0.15, 0.2) is 0 Å². The number of aromatic amines is 1. The van der Waals surface area contributed by atoms with Crippen molar-refractivity contribution in [3.05, 3.63) is 39.8 Å². The molecule has 28 heavy (non-hydrogen) atoms. The van der Waals surface area contributed by atoms with Crippen LogP contribution in [0, 0.1) is 18.8 Å². The Hall–Kier alpha value is -2.66. The molecule has 2 aromatic heterocycles. The van der Waals surface area contributed by atoms with Crippen LogP contribution in [-0.4, -0.2) is 59.1 Å². The van der Waals surface area contributed by atoms with E-state index in [0.717, 1.165) is 61.4 Å². The van der Waals surface area contributed by atoms with Gasteiger partial charge >= 0.3 is 0 Å². The molecule has 0 radical (unpaired) electrons. The van der Waals surface area contributed by atoms with E-state index in [1.54, 1.807) is 4.57 Å². The summed E-state index contributed by atoms with van der Waals surface area (Å²) in [6.45, 7) is 7.13. The molecule has 0 spiro atoms. The smallest absolute Gasteiger partial charge is 0.262 e. The fourth-order valence-electron chi connectivity index (χ4n) is 3.65. The molecule has 0 saturated carbocycles. The van der Waals surface area contributed by atoms with Gasteiger partial charge in [-0.05, 0) is 38.1 Å². The molecule has 3 heterocycles. The van der Waals surface area contributed by atoms with Gasteiger partial charge in [0.1, 0.15) is 5.52 Å². The zero-order valence-electron chi connectivity index (χ0n) is 16.1. The van der Waals surface area contributed by atoms with E-state index >= 15 is 0 Å². The highest BCUT2D eigenvalue weighted by molar-refractivity contribution is 6.04. The SMILES string of the molecule is Cc1[nH]nc2c1c(=O)n(CCCN)c1ccc(C#CCN3CCOCC3)cc21. The lowest BCUT2D eigenvalue weighted by Crippen LogP contribution is -2.36. The molecule has 7 nitrogen and oxygen atoms in total. The van der Waals surface area contributed by atoms with Crippen LogP contribution in [0.3, 0.4) is 0 Å². The molecular weight excluding hydrogens is 354 g/mol. The number of nitrogens with one attached hydrogen (secondary N) is 1. The Morgan fingerprint density at radius 1 is 1.32 bits per heavy atom. The normalized spacial score (nSPS) is 15.1. The van der Waals surface area contributed by atoms with Crippen molar-refractivity contribution < 1.29 is 4.74 Å². The number of rotatable bonds is 4. The molecule has 1 aromatic carbocycles. The van der Waals surface area contributed by atoms with Gasteiger partial charge in [0.2, 0.25) is 0 Å². The number of aryl methyl sites for hydroxylation is 2. The fourth-order valence-corrected chi connectivity index (χ4v) is 3.65. The van der Waals surface area contributed by atoms with Gasteiger partial charge in [-0.2, -0.15) is 5.10 Å². The summed E-state index contributed by atoms with van der Waals surface area (Å²) < 4.78 is 7.17. The van der Waals surface area contributed by atoms with Crippen molar-refractivity contribution in [1.29, 1.82) is 0 Å².